The van der Waals surface area contributed by atoms with E-state index in [9.17, 15) is 5.11 Å². The third-order valence-electron chi connectivity index (χ3n) is 3.49. The van der Waals surface area contributed by atoms with Gasteiger partial charge in [-0.2, -0.15) is 0 Å². The molecule has 0 saturated heterocycles. The van der Waals surface area contributed by atoms with Crippen molar-refractivity contribution in [3.05, 3.63) is 18.2 Å². The molecule has 1 saturated carbocycles. The van der Waals surface area contributed by atoms with E-state index in [1.54, 1.807) is 0 Å². The van der Waals surface area contributed by atoms with Gasteiger partial charge in [0.2, 0.25) is 0 Å². The van der Waals surface area contributed by atoms with Crippen molar-refractivity contribution >= 4 is 0 Å². The predicted molar refractivity (Wildman–Crippen MR) is 59.6 cm³/mol. The highest BCUT2D eigenvalue weighted by atomic mass is 16.3. The number of hydrogen-bond acceptors (Lipinski definition) is 2. The quantitative estimate of drug-likeness (QED) is 0.803. The molecule has 0 aliphatic heterocycles. The number of rotatable bonds is 5. The first-order valence-electron chi connectivity index (χ1n) is 5.84. The third kappa shape index (κ3) is 2.23. The monoisotopic (exact) mass is 208 g/mol. The Balaban J connectivity index is 2.00. The third-order valence-corrected chi connectivity index (χ3v) is 3.49. The summed E-state index contributed by atoms with van der Waals surface area (Å²) >= 11 is 0. The molecule has 15 heavy (non-hydrogen) atoms. The lowest BCUT2D eigenvalue weighted by Gasteiger charge is -2.17. The van der Waals surface area contributed by atoms with E-state index >= 15 is 0 Å². The molecule has 0 amide bonds. The molecule has 1 aromatic rings. The van der Waals surface area contributed by atoms with Crippen LogP contribution in [0.2, 0.25) is 0 Å². The number of aliphatic hydroxyl groups is 1. The predicted octanol–water partition coefficient (Wildman–Crippen LogP) is 2.00. The van der Waals surface area contributed by atoms with Crippen LogP contribution in [-0.4, -0.2) is 20.8 Å². The van der Waals surface area contributed by atoms with Crippen molar-refractivity contribution in [2.45, 2.75) is 52.2 Å². The number of aromatic nitrogens is 2. The molecule has 1 unspecified atom stereocenters. The summed E-state index contributed by atoms with van der Waals surface area (Å²) in [5.41, 5.74) is 0.170. The maximum absolute atomic E-state index is 10.1. The van der Waals surface area contributed by atoms with Gasteiger partial charge in [-0.3, -0.25) is 0 Å². The SMILES string of the molecule is CCCn1ccnc1CC(O)C1(C)CC1. The van der Waals surface area contributed by atoms with Crippen LogP contribution < -0.4 is 0 Å². The van der Waals surface area contributed by atoms with Crippen molar-refractivity contribution in [3.8, 4) is 0 Å². The molecular weight excluding hydrogens is 188 g/mol. The van der Waals surface area contributed by atoms with Gasteiger partial charge in [-0.05, 0) is 24.7 Å². The van der Waals surface area contributed by atoms with Crippen LogP contribution in [0.25, 0.3) is 0 Å². The average Bonchev–Trinajstić information content (AvgIpc) is 2.81. The van der Waals surface area contributed by atoms with Gasteiger partial charge in [0, 0.05) is 25.4 Å². The maximum atomic E-state index is 10.1. The summed E-state index contributed by atoms with van der Waals surface area (Å²) in [7, 11) is 0. The Labute approximate surface area is 91.1 Å². The van der Waals surface area contributed by atoms with Crippen molar-refractivity contribution in [2.24, 2.45) is 5.41 Å². The fourth-order valence-electron chi connectivity index (χ4n) is 1.92. The normalized spacial score (nSPS) is 20.2. The number of imidazole rings is 1. The van der Waals surface area contributed by atoms with E-state index in [-0.39, 0.29) is 11.5 Å². The second kappa shape index (κ2) is 3.97. The summed E-state index contributed by atoms with van der Waals surface area (Å²) < 4.78 is 2.15. The fraction of sp³-hybridized carbons (Fsp3) is 0.750. The van der Waals surface area contributed by atoms with E-state index in [0.717, 1.165) is 31.6 Å². The van der Waals surface area contributed by atoms with Crippen LogP contribution in [0.4, 0.5) is 0 Å². The number of aliphatic hydroxyl groups excluding tert-OH is 1. The lowest BCUT2D eigenvalue weighted by molar-refractivity contribution is 0.100. The molecule has 2 rings (SSSR count). The summed E-state index contributed by atoms with van der Waals surface area (Å²) in [4.78, 5) is 4.32. The van der Waals surface area contributed by atoms with Crippen LogP contribution in [0.5, 0.6) is 0 Å². The van der Waals surface area contributed by atoms with E-state index in [2.05, 4.69) is 23.4 Å². The molecule has 1 atom stereocenters. The Morgan fingerprint density at radius 2 is 2.33 bits per heavy atom. The molecule has 1 aliphatic rings. The average molecular weight is 208 g/mol. The number of aryl methyl sites for hydroxylation is 1. The van der Waals surface area contributed by atoms with Gasteiger partial charge in [0.25, 0.3) is 0 Å². The molecule has 1 aromatic heterocycles. The topological polar surface area (TPSA) is 38.0 Å². The van der Waals surface area contributed by atoms with Gasteiger partial charge in [0.05, 0.1) is 6.10 Å². The smallest absolute Gasteiger partial charge is 0.111 e. The minimum absolute atomic E-state index is 0.170. The highest BCUT2D eigenvalue weighted by Crippen LogP contribution is 2.48. The van der Waals surface area contributed by atoms with Gasteiger partial charge < -0.3 is 9.67 Å². The largest absolute Gasteiger partial charge is 0.392 e. The molecule has 1 fully saturated rings. The minimum Gasteiger partial charge on any atom is -0.392 e. The minimum atomic E-state index is -0.226. The van der Waals surface area contributed by atoms with Crippen LogP contribution in [0.15, 0.2) is 12.4 Å². The van der Waals surface area contributed by atoms with E-state index in [0.29, 0.717) is 6.42 Å². The van der Waals surface area contributed by atoms with Crippen LogP contribution in [0, 0.1) is 5.41 Å². The standard InChI is InChI=1S/C12H20N2O/c1-3-7-14-8-6-13-11(14)9-10(15)12(2)4-5-12/h6,8,10,15H,3-5,7,9H2,1-2H3. The van der Waals surface area contributed by atoms with Crippen LogP contribution >= 0.6 is 0 Å². The molecule has 1 heterocycles. The summed E-state index contributed by atoms with van der Waals surface area (Å²) in [5, 5.41) is 10.1. The van der Waals surface area contributed by atoms with Crippen molar-refractivity contribution in [3.63, 3.8) is 0 Å². The molecule has 3 nitrogen and oxygen atoms in total. The summed E-state index contributed by atoms with van der Waals surface area (Å²) in [6, 6.07) is 0. The van der Waals surface area contributed by atoms with Crippen molar-refractivity contribution < 1.29 is 5.11 Å². The molecule has 1 aliphatic carbocycles. The van der Waals surface area contributed by atoms with Crippen LogP contribution in [0.3, 0.4) is 0 Å². The summed E-state index contributed by atoms with van der Waals surface area (Å²) in [6.07, 6.45) is 7.72. The fourth-order valence-corrected chi connectivity index (χ4v) is 1.92. The zero-order valence-corrected chi connectivity index (χ0v) is 9.61. The Morgan fingerprint density at radius 3 is 2.93 bits per heavy atom. The zero-order valence-electron chi connectivity index (χ0n) is 9.61. The first-order chi connectivity index (χ1) is 7.15. The Hall–Kier alpha value is -0.830. The zero-order chi connectivity index (χ0) is 10.9. The lowest BCUT2D eigenvalue weighted by Crippen LogP contribution is -2.23. The maximum Gasteiger partial charge on any atom is 0.111 e. The van der Waals surface area contributed by atoms with Crippen molar-refractivity contribution in [1.29, 1.82) is 0 Å². The van der Waals surface area contributed by atoms with Crippen LogP contribution in [-0.2, 0) is 13.0 Å². The van der Waals surface area contributed by atoms with Gasteiger partial charge in [0.1, 0.15) is 5.82 Å². The Morgan fingerprint density at radius 1 is 1.60 bits per heavy atom. The molecule has 1 N–H and O–H groups in total. The molecule has 84 valence electrons. The number of hydrogen-bond donors (Lipinski definition) is 1. The summed E-state index contributed by atoms with van der Waals surface area (Å²) in [6.45, 7) is 5.31. The van der Waals surface area contributed by atoms with Crippen LogP contribution in [0.1, 0.15) is 38.9 Å². The Kier molecular flexibility index (Phi) is 2.83. The van der Waals surface area contributed by atoms with Gasteiger partial charge in [0.15, 0.2) is 0 Å². The van der Waals surface area contributed by atoms with E-state index in [1.807, 2.05) is 12.4 Å². The van der Waals surface area contributed by atoms with Gasteiger partial charge in [-0.25, -0.2) is 4.98 Å². The second-order valence-corrected chi connectivity index (χ2v) is 4.91. The molecule has 0 radical (unpaired) electrons. The first kappa shape index (κ1) is 10.7. The first-order valence-corrected chi connectivity index (χ1v) is 5.84. The molecule has 0 aromatic carbocycles. The van der Waals surface area contributed by atoms with Crippen molar-refractivity contribution in [2.75, 3.05) is 0 Å². The highest BCUT2D eigenvalue weighted by molar-refractivity contribution is 5.02. The number of nitrogens with zero attached hydrogens (tertiary/aromatic N) is 2. The van der Waals surface area contributed by atoms with Gasteiger partial charge in [-0.1, -0.05) is 13.8 Å². The van der Waals surface area contributed by atoms with Gasteiger partial charge >= 0.3 is 0 Å². The molecule has 3 heteroatoms. The Bertz CT molecular complexity index is 328. The van der Waals surface area contributed by atoms with E-state index in [1.165, 1.54) is 0 Å². The van der Waals surface area contributed by atoms with Crippen molar-refractivity contribution in [1.82, 2.24) is 9.55 Å². The highest BCUT2D eigenvalue weighted by Gasteiger charge is 2.44. The van der Waals surface area contributed by atoms with E-state index in [4.69, 9.17) is 0 Å². The summed E-state index contributed by atoms with van der Waals surface area (Å²) in [5.74, 6) is 1.03. The second-order valence-electron chi connectivity index (χ2n) is 4.91. The molecule has 0 bridgehead atoms. The van der Waals surface area contributed by atoms with E-state index < -0.39 is 0 Å². The molecule has 0 spiro atoms. The lowest BCUT2D eigenvalue weighted by atomic mass is 9.99. The van der Waals surface area contributed by atoms with Gasteiger partial charge in [-0.15, -0.1) is 0 Å². The molecular formula is C12H20N2O.